The number of pyridine rings is 1. The number of aromatic nitrogens is 7. The normalized spacial score (nSPS) is 14.9. The average molecular weight is 810 g/mol. The number of fused-ring (bicyclic) bond motifs is 3. The lowest BCUT2D eigenvalue weighted by atomic mass is 9.78. The molecule has 0 aliphatic heterocycles. The minimum Gasteiger partial charge on any atom is -0.248 e. The van der Waals surface area contributed by atoms with Crippen LogP contribution in [0.4, 0.5) is 0 Å². The van der Waals surface area contributed by atoms with Crippen LogP contribution in [0.15, 0.2) is 206 Å². The van der Waals surface area contributed by atoms with Crippen molar-refractivity contribution >= 4 is 32.8 Å². The van der Waals surface area contributed by atoms with Crippen molar-refractivity contribution in [2.75, 3.05) is 0 Å². The van der Waals surface area contributed by atoms with Crippen LogP contribution >= 0.6 is 0 Å². The molecule has 3 heterocycles. The highest BCUT2D eigenvalue weighted by Crippen LogP contribution is 2.45. The Morgan fingerprint density at radius 2 is 0.841 bits per heavy atom. The average Bonchev–Trinajstić information content (AvgIpc) is 3.37. The predicted octanol–water partition coefficient (Wildman–Crippen LogP) is 13.0. The van der Waals surface area contributed by atoms with Gasteiger partial charge in [0.25, 0.3) is 0 Å². The fraction of sp³-hybridized carbons (Fsp3) is 0.0536. The maximum Gasteiger partial charge on any atom is 0.164 e. The van der Waals surface area contributed by atoms with Crippen LogP contribution in [0.2, 0.25) is 0 Å². The van der Waals surface area contributed by atoms with Gasteiger partial charge in [0, 0.05) is 39.1 Å². The highest BCUT2D eigenvalue weighted by molar-refractivity contribution is 6.13. The zero-order valence-corrected chi connectivity index (χ0v) is 34.4. The van der Waals surface area contributed by atoms with Crippen molar-refractivity contribution in [2.24, 2.45) is 5.92 Å². The second-order valence-corrected chi connectivity index (χ2v) is 15.7. The van der Waals surface area contributed by atoms with Crippen molar-refractivity contribution in [3.63, 3.8) is 0 Å². The lowest BCUT2D eigenvalue weighted by Gasteiger charge is -2.28. The van der Waals surface area contributed by atoms with Crippen LogP contribution in [0.1, 0.15) is 30.2 Å². The van der Waals surface area contributed by atoms with Crippen LogP contribution in [0.25, 0.3) is 89.5 Å². The summed E-state index contributed by atoms with van der Waals surface area (Å²) in [6, 6.07) is 66.1. The highest BCUT2D eigenvalue weighted by Gasteiger charge is 2.32. The number of hydrogen-bond donors (Lipinski definition) is 0. The van der Waals surface area contributed by atoms with Crippen molar-refractivity contribution < 1.29 is 0 Å². The fourth-order valence-electron chi connectivity index (χ4n) is 8.53. The maximum absolute atomic E-state index is 5.50. The third-order valence-electron chi connectivity index (χ3n) is 11.8. The van der Waals surface area contributed by atoms with Gasteiger partial charge < -0.3 is 0 Å². The second kappa shape index (κ2) is 16.3. The molecule has 7 heteroatoms. The van der Waals surface area contributed by atoms with E-state index in [1.807, 2.05) is 121 Å². The van der Waals surface area contributed by atoms with E-state index in [-0.39, 0.29) is 11.8 Å². The Hall–Kier alpha value is -8.29. The van der Waals surface area contributed by atoms with Crippen LogP contribution in [0.5, 0.6) is 0 Å². The van der Waals surface area contributed by atoms with E-state index >= 15 is 0 Å². The first kappa shape index (κ1) is 37.7. The van der Waals surface area contributed by atoms with Gasteiger partial charge in [0.2, 0.25) is 0 Å². The van der Waals surface area contributed by atoms with Gasteiger partial charge in [-0.15, -0.1) is 0 Å². The monoisotopic (exact) mass is 809 g/mol. The van der Waals surface area contributed by atoms with E-state index in [0.717, 1.165) is 66.5 Å². The second-order valence-electron chi connectivity index (χ2n) is 15.7. The quantitative estimate of drug-likeness (QED) is 0.141. The van der Waals surface area contributed by atoms with Crippen molar-refractivity contribution in [1.82, 2.24) is 34.9 Å². The Morgan fingerprint density at radius 1 is 0.397 bits per heavy atom. The van der Waals surface area contributed by atoms with Crippen molar-refractivity contribution in [1.29, 1.82) is 0 Å². The van der Waals surface area contributed by atoms with Gasteiger partial charge in [-0.2, -0.15) is 0 Å². The summed E-state index contributed by atoms with van der Waals surface area (Å²) >= 11 is 0. The molecule has 1 aliphatic rings. The van der Waals surface area contributed by atoms with Gasteiger partial charge in [-0.1, -0.05) is 195 Å². The minimum absolute atomic E-state index is 0.124. The number of allylic oxidation sites excluding steroid dienone is 4. The molecule has 0 saturated carbocycles. The SMILES string of the molecule is CC1C(c2cc(-c3ccccc3)c3c(ccc4ccccc43)n2)=CC(c2nc(-c3ccccc3)nc(-c3ccccc3)n2)=CC1c1nc(-c2ccccc2)nc(-c2ccccc2)n1. The molecule has 0 amide bonds. The molecule has 63 heavy (non-hydrogen) atoms. The predicted molar refractivity (Wildman–Crippen MR) is 254 cm³/mol. The Bertz CT molecular complexity index is 3220. The molecule has 0 N–H and O–H groups in total. The van der Waals surface area contributed by atoms with Crippen LogP contribution in [0, 0.1) is 5.92 Å². The molecule has 2 atom stereocenters. The smallest absolute Gasteiger partial charge is 0.164 e. The Balaban J connectivity index is 1.17. The fourth-order valence-corrected chi connectivity index (χ4v) is 8.53. The Labute approximate surface area is 365 Å². The molecule has 0 bridgehead atoms. The molecule has 3 aromatic heterocycles. The Morgan fingerprint density at radius 3 is 1.37 bits per heavy atom. The maximum atomic E-state index is 5.50. The van der Waals surface area contributed by atoms with Crippen molar-refractivity contribution in [2.45, 2.75) is 12.8 Å². The molecule has 7 aromatic carbocycles. The first-order chi connectivity index (χ1) is 31.1. The molecule has 0 spiro atoms. The summed E-state index contributed by atoms with van der Waals surface area (Å²) in [4.78, 5) is 36.5. The minimum atomic E-state index is -0.320. The molecule has 10 aromatic rings. The summed E-state index contributed by atoms with van der Waals surface area (Å²) in [6.07, 6.45) is 4.43. The van der Waals surface area contributed by atoms with Crippen LogP contribution < -0.4 is 0 Å². The van der Waals surface area contributed by atoms with Gasteiger partial charge in [0.15, 0.2) is 29.1 Å². The third kappa shape index (κ3) is 7.36. The summed E-state index contributed by atoms with van der Waals surface area (Å²) in [6.45, 7) is 2.24. The molecular formula is C56H39N7. The molecule has 2 unspecified atom stereocenters. The highest BCUT2D eigenvalue weighted by atomic mass is 15.0. The summed E-state index contributed by atoms with van der Waals surface area (Å²) in [5.41, 5.74) is 9.49. The zero-order valence-electron chi connectivity index (χ0n) is 34.4. The molecule has 7 nitrogen and oxygen atoms in total. The Kier molecular flexibility index (Phi) is 9.75. The van der Waals surface area contributed by atoms with Crippen LogP contribution in [0.3, 0.4) is 0 Å². The first-order valence-electron chi connectivity index (χ1n) is 21.2. The van der Waals surface area contributed by atoms with Crippen LogP contribution in [-0.4, -0.2) is 34.9 Å². The van der Waals surface area contributed by atoms with E-state index in [1.54, 1.807) is 0 Å². The number of hydrogen-bond acceptors (Lipinski definition) is 7. The summed E-state index contributed by atoms with van der Waals surface area (Å²) in [7, 11) is 0. The van der Waals surface area contributed by atoms with E-state index in [4.69, 9.17) is 34.9 Å². The van der Waals surface area contributed by atoms with E-state index in [0.29, 0.717) is 34.9 Å². The molecule has 298 valence electrons. The molecule has 0 saturated heterocycles. The van der Waals surface area contributed by atoms with Gasteiger partial charge in [0.1, 0.15) is 5.82 Å². The molecule has 0 radical (unpaired) electrons. The van der Waals surface area contributed by atoms with Crippen molar-refractivity contribution in [3.05, 3.63) is 224 Å². The lowest BCUT2D eigenvalue weighted by Crippen LogP contribution is -2.19. The largest absolute Gasteiger partial charge is 0.248 e. The van der Waals surface area contributed by atoms with Gasteiger partial charge >= 0.3 is 0 Å². The van der Waals surface area contributed by atoms with Gasteiger partial charge in [-0.25, -0.2) is 34.9 Å². The summed E-state index contributed by atoms with van der Waals surface area (Å²) in [5.74, 6) is 3.15. The molecule has 1 aliphatic carbocycles. The van der Waals surface area contributed by atoms with Crippen LogP contribution in [-0.2, 0) is 0 Å². The molecular weight excluding hydrogens is 771 g/mol. The van der Waals surface area contributed by atoms with Gasteiger partial charge in [-0.05, 0) is 51.6 Å². The summed E-state index contributed by atoms with van der Waals surface area (Å²) < 4.78 is 0. The number of benzene rings is 7. The van der Waals surface area contributed by atoms with E-state index in [9.17, 15) is 0 Å². The summed E-state index contributed by atoms with van der Waals surface area (Å²) in [5, 5.41) is 3.45. The van der Waals surface area contributed by atoms with E-state index in [2.05, 4.69) is 91.9 Å². The molecule has 11 rings (SSSR count). The first-order valence-corrected chi connectivity index (χ1v) is 21.2. The zero-order chi connectivity index (χ0) is 42.1. The van der Waals surface area contributed by atoms with Gasteiger partial charge in [0.05, 0.1) is 11.2 Å². The van der Waals surface area contributed by atoms with Gasteiger partial charge in [-0.3, -0.25) is 0 Å². The van der Waals surface area contributed by atoms with Crippen molar-refractivity contribution in [3.8, 4) is 56.7 Å². The lowest BCUT2D eigenvalue weighted by molar-refractivity contribution is 0.615. The third-order valence-corrected chi connectivity index (χ3v) is 11.8. The number of nitrogens with zero attached hydrogens (tertiary/aromatic N) is 7. The topological polar surface area (TPSA) is 90.2 Å². The van der Waals surface area contributed by atoms with E-state index in [1.165, 1.54) is 5.39 Å². The number of rotatable bonds is 8. The van der Waals surface area contributed by atoms with E-state index < -0.39 is 0 Å². The molecule has 0 fully saturated rings. The standard InChI is InChI=1S/C56H39N7/c1-36-45(49-35-47(37-19-7-2-8-20-37)50-44-30-18-17-21-38(44)31-32-48(50)57-49)33-43(55-60-51(39-22-9-3-10-23-39)58-52(61-55)40-24-11-4-12-25-40)34-46(36)56-62-53(41-26-13-5-14-27-41)59-54(63-56)42-28-15-6-16-29-42/h2-36,46H,1H3.